The smallest absolute Gasteiger partial charge is 0.313 e. The van der Waals surface area contributed by atoms with E-state index in [2.05, 4.69) is 5.32 Å². The fourth-order valence-corrected chi connectivity index (χ4v) is 3.16. The van der Waals surface area contributed by atoms with E-state index in [9.17, 15) is 23.1 Å². The second-order valence-corrected chi connectivity index (χ2v) is 8.67. The van der Waals surface area contributed by atoms with E-state index in [-0.39, 0.29) is 16.6 Å². The van der Waals surface area contributed by atoms with E-state index in [0.29, 0.717) is 16.8 Å². The molecule has 0 aliphatic carbocycles. The molecule has 2 rings (SSSR count). The quantitative estimate of drug-likeness (QED) is 0.808. The average Bonchev–Trinajstić information content (AvgIpc) is 2.62. The van der Waals surface area contributed by atoms with E-state index in [1.165, 1.54) is 24.3 Å². The number of carbonyl (C=O) groups is 2. The third kappa shape index (κ3) is 4.11. The van der Waals surface area contributed by atoms with Crippen LogP contribution < -0.4 is 5.32 Å². The van der Waals surface area contributed by atoms with Gasteiger partial charge in [-0.15, -0.1) is 0 Å². The van der Waals surface area contributed by atoms with Crippen LogP contribution in [0.1, 0.15) is 36.7 Å². The summed E-state index contributed by atoms with van der Waals surface area (Å²) in [6.07, 6.45) is 0. The maximum absolute atomic E-state index is 12.3. The minimum Gasteiger partial charge on any atom is -0.481 e. The zero-order valence-electron chi connectivity index (χ0n) is 14.8. The number of aliphatic carboxylic acids is 1. The minimum atomic E-state index is -3.31. The van der Waals surface area contributed by atoms with E-state index in [0.717, 1.165) is 0 Å². The molecular weight excluding hydrogens is 354 g/mol. The van der Waals surface area contributed by atoms with Gasteiger partial charge >= 0.3 is 5.97 Å². The first-order valence-corrected chi connectivity index (χ1v) is 9.71. The van der Waals surface area contributed by atoms with Gasteiger partial charge in [-0.3, -0.25) is 9.59 Å². The van der Waals surface area contributed by atoms with Crippen molar-refractivity contribution in [3.05, 3.63) is 59.7 Å². The standard InChI is InChI=1S/C19H21NO5S/c1-4-26(24,25)16-11-5-13(6-12-16)17(21)20-15-9-7-14(8-10-15)19(2,3)18(22)23/h5-12H,4H2,1-3H3,(H,20,21)(H,22,23). The molecular formula is C19H21NO5S. The van der Waals surface area contributed by atoms with E-state index >= 15 is 0 Å². The Balaban J connectivity index is 2.14. The Morgan fingerprint density at radius 2 is 1.54 bits per heavy atom. The fourth-order valence-electron chi connectivity index (χ4n) is 2.28. The van der Waals surface area contributed by atoms with E-state index in [1.54, 1.807) is 45.0 Å². The van der Waals surface area contributed by atoms with Gasteiger partial charge in [-0.05, 0) is 55.8 Å². The molecule has 2 aromatic rings. The maximum Gasteiger partial charge on any atom is 0.313 e. The predicted octanol–water partition coefficient (Wildman–Crippen LogP) is 3.09. The summed E-state index contributed by atoms with van der Waals surface area (Å²) >= 11 is 0. The SMILES string of the molecule is CCS(=O)(=O)c1ccc(C(=O)Nc2ccc(C(C)(C)C(=O)O)cc2)cc1. The zero-order valence-corrected chi connectivity index (χ0v) is 15.6. The van der Waals surface area contributed by atoms with Gasteiger partial charge in [0.25, 0.3) is 5.91 Å². The molecule has 6 nitrogen and oxygen atoms in total. The van der Waals surface area contributed by atoms with Crippen molar-refractivity contribution in [3.8, 4) is 0 Å². The van der Waals surface area contributed by atoms with Gasteiger partial charge in [-0.25, -0.2) is 8.42 Å². The van der Waals surface area contributed by atoms with Gasteiger partial charge in [0.2, 0.25) is 0 Å². The molecule has 0 fully saturated rings. The molecule has 7 heteroatoms. The topological polar surface area (TPSA) is 101 Å². The van der Waals surface area contributed by atoms with Crippen LogP contribution in [0.4, 0.5) is 5.69 Å². The van der Waals surface area contributed by atoms with Crippen molar-refractivity contribution in [1.82, 2.24) is 0 Å². The molecule has 0 heterocycles. The maximum atomic E-state index is 12.3. The van der Waals surface area contributed by atoms with Crippen molar-refractivity contribution in [1.29, 1.82) is 0 Å². The molecule has 0 unspecified atom stereocenters. The Labute approximate surface area is 152 Å². The number of hydrogen-bond donors (Lipinski definition) is 2. The summed E-state index contributed by atoms with van der Waals surface area (Å²) in [6, 6.07) is 12.3. The molecule has 2 aromatic carbocycles. The van der Waals surface area contributed by atoms with Crippen molar-refractivity contribution in [2.45, 2.75) is 31.1 Å². The molecule has 1 amide bonds. The summed E-state index contributed by atoms with van der Waals surface area (Å²) in [4.78, 5) is 23.7. The molecule has 2 N–H and O–H groups in total. The second kappa shape index (κ2) is 7.29. The number of anilines is 1. The molecule has 0 spiro atoms. The first kappa shape index (κ1) is 19.7. The van der Waals surface area contributed by atoms with E-state index < -0.39 is 21.2 Å². The lowest BCUT2D eigenvalue weighted by Gasteiger charge is -2.19. The molecule has 0 saturated heterocycles. The highest BCUT2D eigenvalue weighted by molar-refractivity contribution is 7.91. The Kier molecular flexibility index (Phi) is 5.51. The normalized spacial score (nSPS) is 11.8. The van der Waals surface area contributed by atoms with Crippen LogP contribution in [0.5, 0.6) is 0 Å². The lowest BCUT2D eigenvalue weighted by Crippen LogP contribution is -2.28. The Morgan fingerprint density at radius 3 is 2.00 bits per heavy atom. The van der Waals surface area contributed by atoms with Crippen LogP contribution in [0.2, 0.25) is 0 Å². The summed E-state index contributed by atoms with van der Waals surface area (Å²) in [6.45, 7) is 4.77. The number of amides is 1. The van der Waals surface area contributed by atoms with E-state index in [4.69, 9.17) is 0 Å². The first-order valence-electron chi connectivity index (χ1n) is 8.06. The summed E-state index contributed by atoms with van der Waals surface area (Å²) in [5, 5.41) is 11.9. The zero-order chi connectivity index (χ0) is 19.5. The Hall–Kier alpha value is -2.67. The van der Waals surface area contributed by atoms with Gasteiger partial charge in [-0.2, -0.15) is 0 Å². The largest absolute Gasteiger partial charge is 0.481 e. The fraction of sp³-hybridized carbons (Fsp3) is 0.263. The van der Waals surface area contributed by atoms with Crippen LogP contribution >= 0.6 is 0 Å². The number of rotatable bonds is 6. The van der Waals surface area contributed by atoms with Crippen LogP contribution in [0.15, 0.2) is 53.4 Å². The van der Waals surface area contributed by atoms with Gasteiger partial charge in [0.1, 0.15) is 0 Å². The number of hydrogen-bond acceptors (Lipinski definition) is 4. The van der Waals surface area contributed by atoms with Crippen LogP contribution in [0, 0.1) is 0 Å². The predicted molar refractivity (Wildman–Crippen MR) is 99.2 cm³/mol. The molecule has 0 aromatic heterocycles. The highest BCUT2D eigenvalue weighted by Crippen LogP contribution is 2.25. The van der Waals surface area contributed by atoms with Crippen LogP contribution in [0.25, 0.3) is 0 Å². The highest BCUT2D eigenvalue weighted by Gasteiger charge is 2.29. The highest BCUT2D eigenvalue weighted by atomic mass is 32.2. The third-order valence-electron chi connectivity index (χ3n) is 4.25. The molecule has 0 aliphatic rings. The number of carbonyl (C=O) groups excluding carboxylic acids is 1. The molecule has 26 heavy (non-hydrogen) atoms. The van der Waals surface area contributed by atoms with Crippen LogP contribution in [-0.2, 0) is 20.0 Å². The number of carboxylic acids is 1. The van der Waals surface area contributed by atoms with Crippen molar-refractivity contribution >= 4 is 27.4 Å². The Bertz CT molecular complexity index is 913. The minimum absolute atomic E-state index is 0.00240. The summed E-state index contributed by atoms with van der Waals surface area (Å²) in [7, 11) is -3.31. The number of sulfone groups is 1. The van der Waals surface area contributed by atoms with Gasteiger partial charge in [0.05, 0.1) is 16.1 Å². The molecule has 0 bridgehead atoms. The molecule has 0 aliphatic heterocycles. The summed E-state index contributed by atoms with van der Waals surface area (Å²) in [5.41, 5.74) is 0.445. The van der Waals surface area contributed by atoms with Gasteiger partial charge in [0, 0.05) is 11.3 Å². The van der Waals surface area contributed by atoms with Crippen molar-refractivity contribution in [3.63, 3.8) is 0 Å². The van der Waals surface area contributed by atoms with Gasteiger partial charge < -0.3 is 10.4 Å². The number of nitrogens with one attached hydrogen (secondary N) is 1. The Morgan fingerprint density at radius 1 is 1.00 bits per heavy atom. The number of benzene rings is 2. The third-order valence-corrected chi connectivity index (χ3v) is 6.01. The van der Waals surface area contributed by atoms with Crippen molar-refractivity contribution < 1.29 is 23.1 Å². The molecule has 138 valence electrons. The second-order valence-electron chi connectivity index (χ2n) is 6.39. The lowest BCUT2D eigenvalue weighted by molar-refractivity contribution is -0.142. The summed E-state index contributed by atoms with van der Waals surface area (Å²) in [5.74, 6) is -1.32. The monoisotopic (exact) mass is 375 g/mol. The summed E-state index contributed by atoms with van der Waals surface area (Å²) < 4.78 is 23.6. The average molecular weight is 375 g/mol. The lowest BCUT2D eigenvalue weighted by atomic mass is 9.85. The van der Waals surface area contributed by atoms with Gasteiger partial charge in [0.15, 0.2) is 9.84 Å². The van der Waals surface area contributed by atoms with E-state index in [1.807, 2.05) is 0 Å². The molecule has 0 radical (unpaired) electrons. The molecule has 0 atom stereocenters. The molecule has 0 saturated carbocycles. The van der Waals surface area contributed by atoms with Crippen molar-refractivity contribution in [2.75, 3.05) is 11.1 Å². The van der Waals surface area contributed by atoms with Crippen LogP contribution in [0.3, 0.4) is 0 Å². The van der Waals surface area contributed by atoms with Gasteiger partial charge in [-0.1, -0.05) is 19.1 Å². The number of carboxylic acid groups (broad SMARTS) is 1. The van der Waals surface area contributed by atoms with Crippen molar-refractivity contribution in [2.24, 2.45) is 0 Å². The van der Waals surface area contributed by atoms with Crippen LogP contribution in [-0.4, -0.2) is 31.2 Å². The first-order chi connectivity index (χ1) is 12.1.